The van der Waals surface area contributed by atoms with Crippen molar-refractivity contribution in [1.29, 1.82) is 0 Å². The van der Waals surface area contributed by atoms with Gasteiger partial charge in [0.25, 0.3) is 0 Å². The number of pyridine rings is 1. The summed E-state index contributed by atoms with van der Waals surface area (Å²) in [6, 6.07) is 12.7. The number of para-hydroxylation sites is 1. The van der Waals surface area contributed by atoms with Crippen LogP contribution in [0.1, 0.15) is 36.8 Å². The van der Waals surface area contributed by atoms with Crippen molar-refractivity contribution in [3.8, 4) is 17.0 Å². The molecule has 0 aliphatic carbocycles. The summed E-state index contributed by atoms with van der Waals surface area (Å²) in [6.07, 6.45) is -4.74. The van der Waals surface area contributed by atoms with Crippen molar-refractivity contribution in [2.75, 3.05) is 32.7 Å². The molecule has 0 amide bonds. The standard InChI is InChI=1S/C26H31N5O.3C2HF3O2/c1-2-8-24-22(7-1)25-23(19-28-31(25)17-16-29-12-3-4-13-29)26(32-24)9-14-30(15-10-26)20-21-6-5-11-27-18-21;3*3-2(4,5)1(6)7/h1-2,5-8,11,18-19H,3-4,9-10,12-17,20H2;3*(H,6,7). The van der Waals surface area contributed by atoms with Gasteiger partial charge in [-0.3, -0.25) is 14.6 Å². The van der Waals surface area contributed by atoms with Crippen molar-refractivity contribution in [3.63, 3.8) is 0 Å². The lowest BCUT2D eigenvalue weighted by atomic mass is 9.81. The third kappa shape index (κ3) is 12.3. The van der Waals surface area contributed by atoms with Crippen LogP contribution in [0.15, 0.2) is 55.0 Å². The number of hydrogen-bond acceptors (Lipinski definition) is 8. The maximum atomic E-state index is 10.6. The number of hydrogen-bond donors (Lipinski definition) is 3. The number of aliphatic carboxylic acids is 3. The van der Waals surface area contributed by atoms with Gasteiger partial charge in [-0.1, -0.05) is 18.2 Å². The second kappa shape index (κ2) is 17.7. The van der Waals surface area contributed by atoms with E-state index in [2.05, 4.69) is 56.0 Å². The van der Waals surface area contributed by atoms with Gasteiger partial charge in [-0.25, -0.2) is 14.4 Å². The molecule has 0 saturated carbocycles. The molecule has 0 radical (unpaired) electrons. The summed E-state index contributed by atoms with van der Waals surface area (Å²) in [4.78, 5) is 36.0. The molecule has 6 rings (SSSR count). The first kappa shape index (κ1) is 42.5. The minimum absolute atomic E-state index is 0.277. The van der Waals surface area contributed by atoms with Gasteiger partial charge in [-0.05, 0) is 49.7 Å². The summed E-state index contributed by atoms with van der Waals surface area (Å²) < 4.78 is 104. The van der Waals surface area contributed by atoms with Gasteiger partial charge < -0.3 is 25.0 Å². The number of aromatic nitrogens is 3. The number of piperidine rings is 1. The molecule has 0 atom stereocenters. The Labute approximate surface area is 295 Å². The summed E-state index contributed by atoms with van der Waals surface area (Å²) in [6.45, 7) is 7.42. The molecule has 1 aromatic carbocycles. The molecule has 3 aromatic rings. The van der Waals surface area contributed by atoms with Crippen molar-refractivity contribution in [1.82, 2.24) is 24.6 Å². The molecule has 2 saturated heterocycles. The van der Waals surface area contributed by atoms with Gasteiger partial charge in [0.1, 0.15) is 11.4 Å². The maximum Gasteiger partial charge on any atom is 0.490 e. The molecule has 53 heavy (non-hydrogen) atoms. The molecular formula is C32H34F9N5O7. The van der Waals surface area contributed by atoms with E-state index >= 15 is 0 Å². The van der Waals surface area contributed by atoms with Crippen molar-refractivity contribution in [2.24, 2.45) is 0 Å². The van der Waals surface area contributed by atoms with E-state index in [4.69, 9.17) is 39.5 Å². The Morgan fingerprint density at radius 1 is 0.717 bits per heavy atom. The molecule has 292 valence electrons. The fraction of sp³-hybridized carbons (Fsp3) is 0.469. The Balaban J connectivity index is 0.000000296. The largest absolute Gasteiger partial charge is 0.490 e. The van der Waals surface area contributed by atoms with Gasteiger partial charge >= 0.3 is 36.4 Å². The smallest absolute Gasteiger partial charge is 0.482 e. The Morgan fingerprint density at radius 3 is 1.74 bits per heavy atom. The van der Waals surface area contributed by atoms with Gasteiger partial charge in [0.05, 0.1) is 18.4 Å². The van der Waals surface area contributed by atoms with Crippen LogP contribution < -0.4 is 4.74 Å². The molecule has 5 heterocycles. The molecule has 3 N–H and O–H groups in total. The average Bonchev–Trinajstić information content (AvgIpc) is 3.76. The molecule has 12 nitrogen and oxygen atoms in total. The zero-order valence-corrected chi connectivity index (χ0v) is 27.6. The van der Waals surface area contributed by atoms with Crippen LogP contribution in [0.2, 0.25) is 0 Å². The first-order valence-corrected chi connectivity index (χ1v) is 15.7. The number of halogens is 9. The van der Waals surface area contributed by atoms with Crippen LogP contribution in [0.25, 0.3) is 11.3 Å². The van der Waals surface area contributed by atoms with E-state index in [0.717, 1.165) is 51.3 Å². The molecule has 0 bridgehead atoms. The average molecular weight is 772 g/mol. The minimum atomic E-state index is -5.08. The zero-order chi connectivity index (χ0) is 39.6. The number of rotatable bonds is 5. The number of fused-ring (bicyclic) bond motifs is 4. The summed E-state index contributed by atoms with van der Waals surface area (Å²) >= 11 is 0. The number of nitrogens with zero attached hydrogens (tertiary/aromatic N) is 5. The number of carbonyl (C=O) groups is 3. The number of carboxylic acid groups (broad SMARTS) is 3. The Kier molecular flexibility index (Phi) is 14.2. The topological polar surface area (TPSA) is 158 Å². The Hall–Kier alpha value is -4.92. The summed E-state index contributed by atoms with van der Waals surface area (Å²) in [5.74, 6) is -7.27. The van der Waals surface area contributed by atoms with Gasteiger partial charge in [0, 0.05) is 62.5 Å². The number of ether oxygens (including phenoxy) is 1. The van der Waals surface area contributed by atoms with Crippen molar-refractivity contribution in [2.45, 2.75) is 62.9 Å². The van der Waals surface area contributed by atoms with Crippen LogP contribution in [-0.4, -0.2) is 109 Å². The van der Waals surface area contributed by atoms with Crippen LogP contribution in [-0.2, 0) is 33.1 Å². The van der Waals surface area contributed by atoms with Gasteiger partial charge in [-0.2, -0.15) is 44.6 Å². The lowest BCUT2D eigenvalue weighted by Gasteiger charge is -2.44. The molecule has 2 fully saturated rings. The second-order valence-electron chi connectivity index (χ2n) is 11.8. The molecular weight excluding hydrogens is 737 g/mol. The number of alkyl halides is 9. The van der Waals surface area contributed by atoms with Crippen LogP contribution in [0.5, 0.6) is 5.75 Å². The van der Waals surface area contributed by atoms with Gasteiger partial charge in [0.2, 0.25) is 0 Å². The molecule has 3 aliphatic rings. The molecule has 0 unspecified atom stereocenters. The third-order valence-electron chi connectivity index (χ3n) is 8.12. The molecule has 2 aromatic heterocycles. The Bertz CT molecular complexity index is 1610. The second-order valence-corrected chi connectivity index (χ2v) is 11.8. The lowest BCUT2D eigenvalue weighted by molar-refractivity contribution is -0.193. The summed E-state index contributed by atoms with van der Waals surface area (Å²) in [5.41, 5.74) is 4.73. The fourth-order valence-electron chi connectivity index (χ4n) is 5.63. The summed E-state index contributed by atoms with van der Waals surface area (Å²) in [5, 5.41) is 26.3. The normalized spacial score (nSPS) is 16.6. The van der Waals surface area contributed by atoms with Crippen LogP contribution >= 0.6 is 0 Å². The SMILES string of the molecule is O=C(O)C(F)(F)F.O=C(O)C(F)(F)F.O=C(O)C(F)(F)F.c1cncc(CN2CCC3(CC2)Oc2ccccc2-c2c3cnn2CCN2CCCC2)c1. The van der Waals surface area contributed by atoms with E-state index in [1.165, 1.54) is 48.3 Å². The molecule has 3 aliphatic heterocycles. The van der Waals surface area contributed by atoms with Crippen LogP contribution in [0.3, 0.4) is 0 Å². The van der Waals surface area contributed by atoms with E-state index in [-0.39, 0.29) is 5.60 Å². The van der Waals surface area contributed by atoms with E-state index in [1.807, 2.05) is 18.5 Å². The minimum Gasteiger partial charge on any atom is -0.482 e. The number of likely N-dealkylation sites (tertiary alicyclic amines) is 2. The fourth-order valence-corrected chi connectivity index (χ4v) is 5.63. The van der Waals surface area contributed by atoms with Crippen molar-refractivity contribution < 1.29 is 74.0 Å². The zero-order valence-electron chi connectivity index (χ0n) is 27.6. The van der Waals surface area contributed by atoms with E-state index in [0.29, 0.717) is 0 Å². The van der Waals surface area contributed by atoms with Crippen molar-refractivity contribution in [3.05, 3.63) is 66.1 Å². The van der Waals surface area contributed by atoms with Gasteiger partial charge in [-0.15, -0.1) is 0 Å². The van der Waals surface area contributed by atoms with Crippen molar-refractivity contribution >= 4 is 17.9 Å². The third-order valence-corrected chi connectivity index (χ3v) is 8.12. The number of carboxylic acids is 3. The number of benzene rings is 1. The van der Waals surface area contributed by atoms with Gasteiger partial charge in [0.15, 0.2) is 0 Å². The highest BCUT2D eigenvalue weighted by Gasteiger charge is 2.45. The first-order valence-electron chi connectivity index (χ1n) is 15.7. The first-order chi connectivity index (χ1) is 24.6. The predicted molar refractivity (Wildman–Crippen MR) is 165 cm³/mol. The lowest BCUT2D eigenvalue weighted by Crippen LogP contribution is -2.47. The van der Waals surface area contributed by atoms with Crippen LogP contribution in [0, 0.1) is 0 Å². The van der Waals surface area contributed by atoms with Crippen LogP contribution in [0.4, 0.5) is 39.5 Å². The quantitative estimate of drug-likeness (QED) is 0.269. The van der Waals surface area contributed by atoms with E-state index in [1.54, 1.807) is 0 Å². The van der Waals surface area contributed by atoms with E-state index in [9.17, 15) is 39.5 Å². The maximum absolute atomic E-state index is 10.6. The predicted octanol–water partition coefficient (Wildman–Crippen LogP) is 5.82. The monoisotopic (exact) mass is 771 g/mol. The molecule has 1 spiro atoms. The highest BCUT2D eigenvalue weighted by molar-refractivity contribution is 5.74. The Morgan fingerprint density at radius 2 is 1.25 bits per heavy atom. The van der Waals surface area contributed by atoms with E-state index < -0.39 is 36.4 Å². The highest BCUT2D eigenvalue weighted by atomic mass is 19.4. The molecule has 21 heteroatoms. The highest BCUT2D eigenvalue weighted by Crippen LogP contribution is 2.49. The summed E-state index contributed by atoms with van der Waals surface area (Å²) in [7, 11) is 0.